The number of aromatic carboxylic acids is 1. The Morgan fingerprint density at radius 3 is 2.69 bits per heavy atom. The van der Waals surface area contributed by atoms with Gasteiger partial charge in [-0.05, 0) is 36.6 Å². The summed E-state index contributed by atoms with van der Waals surface area (Å²) in [5, 5.41) is 21.1. The monoisotopic (exact) mass is 502 g/mol. The number of morpholine rings is 1. The SMILES string of the molecule is Cc1ncoc1-c1cc(-c2ccc(N3CCOCC3)cc2)nc(OCc2sccc2C(=O)O)c1C#N. The molecule has 1 fully saturated rings. The van der Waals surface area contributed by atoms with Crippen LogP contribution in [0.2, 0.25) is 0 Å². The Morgan fingerprint density at radius 2 is 2.03 bits per heavy atom. The van der Waals surface area contributed by atoms with Gasteiger partial charge in [0.15, 0.2) is 12.2 Å². The van der Waals surface area contributed by atoms with Gasteiger partial charge in [0, 0.05) is 29.9 Å². The van der Waals surface area contributed by atoms with E-state index in [0.29, 0.717) is 40.8 Å². The van der Waals surface area contributed by atoms with E-state index in [9.17, 15) is 15.2 Å². The number of rotatable bonds is 7. The molecular formula is C26H22N4O5S. The van der Waals surface area contributed by atoms with Crippen molar-refractivity contribution in [2.45, 2.75) is 13.5 Å². The highest BCUT2D eigenvalue weighted by atomic mass is 32.1. The fourth-order valence-corrected chi connectivity index (χ4v) is 4.84. The molecule has 36 heavy (non-hydrogen) atoms. The molecule has 10 heteroatoms. The molecule has 0 spiro atoms. The van der Waals surface area contributed by atoms with Crippen LogP contribution < -0.4 is 9.64 Å². The van der Waals surface area contributed by atoms with E-state index in [4.69, 9.17) is 13.9 Å². The van der Waals surface area contributed by atoms with Crippen LogP contribution in [0.4, 0.5) is 5.69 Å². The van der Waals surface area contributed by atoms with Crippen molar-refractivity contribution >= 4 is 23.0 Å². The number of anilines is 1. The van der Waals surface area contributed by atoms with Gasteiger partial charge in [0.25, 0.3) is 0 Å². The number of ether oxygens (including phenoxy) is 2. The van der Waals surface area contributed by atoms with E-state index in [-0.39, 0.29) is 23.6 Å². The number of nitriles is 1. The lowest BCUT2D eigenvalue weighted by Crippen LogP contribution is -2.36. The summed E-state index contributed by atoms with van der Waals surface area (Å²) < 4.78 is 17.0. The Labute approximate surface area is 211 Å². The van der Waals surface area contributed by atoms with E-state index < -0.39 is 5.97 Å². The molecule has 1 aromatic carbocycles. The molecule has 4 heterocycles. The molecule has 5 rings (SSSR count). The second-order valence-corrected chi connectivity index (χ2v) is 9.11. The minimum absolute atomic E-state index is 0.0325. The van der Waals surface area contributed by atoms with Gasteiger partial charge in [0.2, 0.25) is 5.88 Å². The molecule has 1 N–H and O–H groups in total. The van der Waals surface area contributed by atoms with Crippen LogP contribution in [0.1, 0.15) is 26.5 Å². The van der Waals surface area contributed by atoms with Crippen LogP contribution in [-0.4, -0.2) is 47.3 Å². The van der Waals surface area contributed by atoms with Crippen LogP contribution in [0, 0.1) is 18.3 Å². The molecule has 1 aliphatic rings. The molecule has 182 valence electrons. The van der Waals surface area contributed by atoms with Gasteiger partial charge in [0.05, 0.1) is 35.0 Å². The molecule has 0 bridgehead atoms. The lowest BCUT2D eigenvalue weighted by Gasteiger charge is -2.28. The highest BCUT2D eigenvalue weighted by Gasteiger charge is 2.22. The zero-order valence-corrected chi connectivity index (χ0v) is 20.2. The molecule has 3 aromatic heterocycles. The van der Waals surface area contributed by atoms with Crippen LogP contribution >= 0.6 is 11.3 Å². The summed E-state index contributed by atoms with van der Waals surface area (Å²) in [6, 6.07) is 13.5. The van der Waals surface area contributed by atoms with Gasteiger partial charge in [-0.1, -0.05) is 12.1 Å². The van der Waals surface area contributed by atoms with Crippen LogP contribution in [-0.2, 0) is 11.3 Å². The molecule has 0 radical (unpaired) electrons. The van der Waals surface area contributed by atoms with Gasteiger partial charge in [-0.3, -0.25) is 0 Å². The summed E-state index contributed by atoms with van der Waals surface area (Å²) in [4.78, 5) is 23.1. The predicted octanol–water partition coefficient (Wildman–Crippen LogP) is 4.76. The summed E-state index contributed by atoms with van der Waals surface area (Å²) in [7, 11) is 0. The van der Waals surface area contributed by atoms with Crippen LogP contribution in [0.15, 0.2) is 52.6 Å². The smallest absolute Gasteiger partial charge is 0.336 e. The predicted molar refractivity (Wildman–Crippen MR) is 133 cm³/mol. The van der Waals surface area contributed by atoms with E-state index >= 15 is 0 Å². The van der Waals surface area contributed by atoms with E-state index in [1.165, 1.54) is 23.8 Å². The Hall–Kier alpha value is -4.20. The maximum absolute atomic E-state index is 11.5. The Morgan fingerprint density at radius 1 is 1.25 bits per heavy atom. The van der Waals surface area contributed by atoms with Crippen LogP contribution in [0.25, 0.3) is 22.6 Å². The van der Waals surface area contributed by atoms with Gasteiger partial charge in [0.1, 0.15) is 18.2 Å². The first-order valence-electron chi connectivity index (χ1n) is 11.3. The topological polar surface area (TPSA) is 122 Å². The molecule has 0 aliphatic carbocycles. The van der Waals surface area contributed by atoms with Crippen LogP contribution in [0.3, 0.4) is 0 Å². The molecule has 4 aromatic rings. The molecule has 0 unspecified atom stereocenters. The highest BCUT2D eigenvalue weighted by Crippen LogP contribution is 2.36. The maximum atomic E-state index is 11.5. The minimum Gasteiger partial charge on any atom is -0.478 e. The van der Waals surface area contributed by atoms with Gasteiger partial charge < -0.3 is 23.9 Å². The van der Waals surface area contributed by atoms with Gasteiger partial charge in [-0.15, -0.1) is 11.3 Å². The summed E-state index contributed by atoms with van der Waals surface area (Å²) in [5.74, 6) is -0.481. The zero-order chi connectivity index (χ0) is 25.1. The summed E-state index contributed by atoms with van der Waals surface area (Å²) in [6.45, 7) is 4.84. The first-order chi connectivity index (χ1) is 17.5. The second-order valence-electron chi connectivity index (χ2n) is 8.11. The number of benzene rings is 1. The number of hydrogen-bond acceptors (Lipinski definition) is 9. The summed E-state index contributed by atoms with van der Waals surface area (Å²) in [5.41, 5.74) is 4.02. The largest absolute Gasteiger partial charge is 0.478 e. The van der Waals surface area contributed by atoms with Gasteiger partial charge >= 0.3 is 5.97 Å². The molecule has 9 nitrogen and oxygen atoms in total. The van der Waals surface area contributed by atoms with Gasteiger partial charge in [-0.2, -0.15) is 5.26 Å². The average Bonchev–Trinajstić information content (AvgIpc) is 3.56. The Balaban J connectivity index is 1.54. The fraction of sp³-hybridized carbons (Fsp3) is 0.231. The molecule has 1 saturated heterocycles. The first kappa shape index (κ1) is 23.5. The Kier molecular flexibility index (Phi) is 6.66. The Bertz CT molecular complexity index is 1430. The third-order valence-electron chi connectivity index (χ3n) is 5.94. The van der Waals surface area contributed by atoms with Crippen LogP contribution in [0.5, 0.6) is 5.88 Å². The van der Waals surface area contributed by atoms with E-state index in [1.807, 2.05) is 24.3 Å². The van der Waals surface area contributed by atoms with Crippen molar-refractivity contribution in [3.63, 3.8) is 0 Å². The number of aromatic nitrogens is 2. The van der Waals surface area contributed by atoms with E-state index in [2.05, 4.69) is 20.9 Å². The third-order valence-corrected chi connectivity index (χ3v) is 6.84. The lowest BCUT2D eigenvalue weighted by molar-refractivity contribution is 0.0694. The van der Waals surface area contributed by atoms with E-state index in [1.54, 1.807) is 18.4 Å². The standard InChI is InChI=1S/C26H22N4O5S/c1-16-24(35-15-28-16)20-12-22(17-2-4-18(5-3-17)30-7-9-33-10-8-30)29-25(21(20)13-27)34-14-23-19(26(31)32)6-11-36-23/h2-6,11-12,15H,7-10,14H2,1H3,(H,31,32). The van der Waals surface area contributed by atoms with Crippen molar-refractivity contribution in [3.8, 4) is 34.5 Å². The average molecular weight is 503 g/mol. The number of carboxylic acids is 1. The summed E-state index contributed by atoms with van der Waals surface area (Å²) >= 11 is 1.27. The van der Waals surface area contributed by atoms with E-state index in [0.717, 1.165) is 24.3 Å². The number of nitrogens with zero attached hydrogens (tertiary/aromatic N) is 4. The number of hydrogen-bond donors (Lipinski definition) is 1. The molecule has 1 aliphatic heterocycles. The molecular weight excluding hydrogens is 480 g/mol. The molecule has 0 saturated carbocycles. The minimum atomic E-state index is -1.03. The van der Waals surface area contributed by atoms with Crippen molar-refractivity contribution in [2.75, 3.05) is 31.2 Å². The zero-order valence-electron chi connectivity index (χ0n) is 19.4. The third kappa shape index (κ3) is 4.66. The van der Waals surface area contributed by atoms with Crippen molar-refractivity contribution in [3.05, 3.63) is 69.9 Å². The van der Waals surface area contributed by atoms with Crippen molar-refractivity contribution in [1.82, 2.24) is 9.97 Å². The lowest BCUT2D eigenvalue weighted by atomic mass is 10.0. The quantitative estimate of drug-likeness (QED) is 0.381. The molecule has 0 amide bonds. The number of aryl methyl sites for hydroxylation is 1. The highest BCUT2D eigenvalue weighted by molar-refractivity contribution is 7.10. The fourth-order valence-electron chi connectivity index (χ4n) is 4.06. The van der Waals surface area contributed by atoms with Gasteiger partial charge in [-0.25, -0.2) is 14.8 Å². The first-order valence-corrected chi connectivity index (χ1v) is 12.1. The van der Waals surface area contributed by atoms with Crippen molar-refractivity contribution < 1.29 is 23.8 Å². The number of carbonyl (C=O) groups is 1. The van der Waals surface area contributed by atoms with Crippen molar-refractivity contribution in [1.29, 1.82) is 5.26 Å². The van der Waals surface area contributed by atoms with Crippen molar-refractivity contribution in [2.24, 2.45) is 0 Å². The summed E-state index contributed by atoms with van der Waals surface area (Å²) in [6.07, 6.45) is 1.33. The normalized spacial score (nSPS) is 13.4. The number of pyridine rings is 1. The number of carboxylic acid groups (broad SMARTS) is 1. The maximum Gasteiger partial charge on any atom is 0.336 e. The molecule has 0 atom stereocenters. The number of oxazole rings is 1. The number of thiophene rings is 1. The second kappa shape index (κ2) is 10.2.